The van der Waals surface area contributed by atoms with Crippen LogP contribution in [0.5, 0.6) is 5.75 Å². The number of hydrogen-bond donors (Lipinski definition) is 0. The van der Waals surface area contributed by atoms with Gasteiger partial charge in [0.15, 0.2) is 0 Å². The molecule has 0 aliphatic rings. The van der Waals surface area contributed by atoms with Crippen LogP contribution in [0.2, 0.25) is 0 Å². The largest absolute Gasteiger partial charge is 0.497 e. The molecule has 0 saturated heterocycles. The van der Waals surface area contributed by atoms with Gasteiger partial charge >= 0.3 is 0 Å². The fourth-order valence-electron chi connectivity index (χ4n) is 1.96. The molecule has 1 atom stereocenters. The molecule has 0 aliphatic heterocycles. The summed E-state index contributed by atoms with van der Waals surface area (Å²) in [5.74, 6) is 1.61. The summed E-state index contributed by atoms with van der Waals surface area (Å²) < 4.78 is 10.9. The summed E-state index contributed by atoms with van der Waals surface area (Å²) in [6.07, 6.45) is 5.08. The Hall–Kier alpha value is -1.02. The summed E-state index contributed by atoms with van der Waals surface area (Å²) in [5, 5.41) is 0. The van der Waals surface area contributed by atoms with Crippen molar-refractivity contribution in [2.45, 2.75) is 46.1 Å². The normalized spacial score (nSPS) is 12.4. The van der Waals surface area contributed by atoms with E-state index in [9.17, 15) is 0 Å². The van der Waals surface area contributed by atoms with Crippen LogP contribution in [0.1, 0.15) is 45.1 Å². The summed E-state index contributed by atoms with van der Waals surface area (Å²) in [4.78, 5) is 0. The minimum atomic E-state index is 0.701. The fourth-order valence-corrected chi connectivity index (χ4v) is 1.96. The summed E-state index contributed by atoms with van der Waals surface area (Å²) in [6.45, 7) is 6.07. The lowest BCUT2D eigenvalue weighted by Gasteiger charge is -2.14. The van der Waals surface area contributed by atoms with E-state index < -0.39 is 0 Å². The van der Waals surface area contributed by atoms with E-state index in [1.165, 1.54) is 31.2 Å². The van der Waals surface area contributed by atoms with Gasteiger partial charge in [0.1, 0.15) is 5.75 Å². The van der Waals surface area contributed by atoms with E-state index in [0.717, 1.165) is 12.4 Å². The minimum absolute atomic E-state index is 0.701. The average Bonchev–Trinajstić information content (AvgIpc) is 2.43. The minimum Gasteiger partial charge on any atom is -0.497 e. The first kappa shape index (κ1) is 15.0. The molecule has 0 aromatic heterocycles. The zero-order valence-corrected chi connectivity index (χ0v) is 11.9. The van der Waals surface area contributed by atoms with Gasteiger partial charge in [-0.1, -0.05) is 45.2 Å². The van der Waals surface area contributed by atoms with E-state index in [-0.39, 0.29) is 0 Å². The van der Waals surface area contributed by atoms with E-state index in [1.54, 1.807) is 7.11 Å². The second-order valence-electron chi connectivity index (χ2n) is 4.78. The Morgan fingerprint density at radius 2 is 1.83 bits per heavy atom. The van der Waals surface area contributed by atoms with Gasteiger partial charge in [-0.3, -0.25) is 0 Å². The predicted molar refractivity (Wildman–Crippen MR) is 76.0 cm³/mol. The molecular weight excluding hydrogens is 224 g/mol. The third kappa shape index (κ3) is 5.54. The SMILES string of the molecule is CCCCC(CC)COCc1ccc(OC)cc1. The van der Waals surface area contributed by atoms with Crippen LogP contribution in [0.25, 0.3) is 0 Å². The Morgan fingerprint density at radius 3 is 2.39 bits per heavy atom. The van der Waals surface area contributed by atoms with Crippen LogP contribution in [0.15, 0.2) is 24.3 Å². The third-order valence-corrected chi connectivity index (χ3v) is 3.32. The maximum Gasteiger partial charge on any atom is 0.118 e. The van der Waals surface area contributed by atoms with Gasteiger partial charge in [-0.2, -0.15) is 0 Å². The van der Waals surface area contributed by atoms with E-state index >= 15 is 0 Å². The number of benzene rings is 1. The molecule has 0 saturated carbocycles. The standard InChI is InChI=1S/C16H26O2/c1-4-6-7-14(5-2)12-18-13-15-8-10-16(17-3)11-9-15/h8-11,14H,4-7,12-13H2,1-3H3. The zero-order chi connectivity index (χ0) is 13.2. The van der Waals surface area contributed by atoms with Crippen LogP contribution in [0.4, 0.5) is 0 Å². The monoisotopic (exact) mass is 250 g/mol. The molecule has 0 amide bonds. The van der Waals surface area contributed by atoms with Crippen molar-refractivity contribution in [2.75, 3.05) is 13.7 Å². The van der Waals surface area contributed by atoms with Crippen LogP contribution in [0, 0.1) is 5.92 Å². The number of ether oxygens (including phenoxy) is 2. The van der Waals surface area contributed by atoms with E-state index in [4.69, 9.17) is 9.47 Å². The Bertz CT molecular complexity index is 305. The quantitative estimate of drug-likeness (QED) is 0.645. The molecule has 18 heavy (non-hydrogen) atoms. The van der Waals surface area contributed by atoms with Gasteiger partial charge in [0.25, 0.3) is 0 Å². The Kier molecular flexibility index (Phi) is 7.51. The maximum absolute atomic E-state index is 5.80. The van der Waals surface area contributed by atoms with E-state index in [1.807, 2.05) is 12.1 Å². The molecule has 1 rings (SSSR count). The van der Waals surface area contributed by atoms with Gasteiger partial charge in [-0.15, -0.1) is 0 Å². The average molecular weight is 250 g/mol. The lowest BCUT2D eigenvalue weighted by Crippen LogP contribution is -2.08. The first-order valence-electron chi connectivity index (χ1n) is 7.00. The van der Waals surface area contributed by atoms with Gasteiger partial charge in [0.05, 0.1) is 13.7 Å². The van der Waals surface area contributed by atoms with Crippen LogP contribution in [-0.4, -0.2) is 13.7 Å². The van der Waals surface area contributed by atoms with Gasteiger partial charge < -0.3 is 9.47 Å². The molecular formula is C16H26O2. The molecule has 1 aromatic carbocycles. The van der Waals surface area contributed by atoms with Crippen LogP contribution >= 0.6 is 0 Å². The van der Waals surface area contributed by atoms with Gasteiger partial charge in [0.2, 0.25) is 0 Å². The maximum atomic E-state index is 5.80. The van der Waals surface area contributed by atoms with Crippen molar-refractivity contribution in [3.63, 3.8) is 0 Å². The molecule has 1 aromatic rings. The molecule has 0 N–H and O–H groups in total. The van der Waals surface area contributed by atoms with E-state index in [0.29, 0.717) is 12.5 Å². The fraction of sp³-hybridized carbons (Fsp3) is 0.625. The van der Waals surface area contributed by atoms with Crippen LogP contribution < -0.4 is 4.74 Å². The number of unbranched alkanes of at least 4 members (excludes halogenated alkanes) is 1. The predicted octanol–water partition coefficient (Wildman–Crippen LogP) is 4.43. The summed E-state index contributed by atoms with van der Waals surface area (Å²) in [6, 6.07) is 8.08. The molecule has 0 radical (unpaired) electrons. The Labute approximate surface area is 111 Å². The van der Waals surface area contributed by atoms with Crippen molar-refractivity contribution in [3.8, 4) is 5.75 Å². The smallest absolute Gasteiger partial charge is 0.118 e. The molecule has 1 unspecified atom stereocenters. The second kappa shape index (κ2) is 8.98. The van der Waals surface area contributed by atoms with Crippen molar-refractivity contribution in [1.29, 1.82) is 0 Å². The van der Waals surface area contributed by atoms with Gasteiger partial charge in [0, 0.05) is 6.61 Å². The molecule has 0 fully saturated rings. The van der Waals surface area contributed by atoms with Crippen molar-refractivity contribution in [1.82, 2.24) is 0 Å². The molecule has 0 bridgehead atoms. The van der Waals surface area contributed by atoms with Crippen LogP contribution in [-0.2, 0) is 11.3 Å². The van der Waals surface area contributed by atoms with Crippen molar-refractivity contribution >= 4 is 0 Å². The lowest BCUT2D eigenvalue weighted by molar-refractivity contribution is 0.0819. The van der Waals surface area contributed by atoms with Crippen molar-refractivity contribution in [2.24, 2.45) is 5.92 Å². The first-order valence-corrected chi connectivity index (χ1v) is 7.00. The molecule has 0 aliphatic carbocycles. The highest BCUT2D eigenvalue weighted by molar-refractivity contribution is 5.26. The lowest BCUT2D eigenvalue weighted by atomic mass is 10.0. The summed E-state index contributed by atoms with van der Waals surface area (Å²) in [5.41, 5.74) is 1.21. The number of rotatable bonds is 9. The summed E-state index contributed by atoms with van der Waals surface area (Å²) >= 11 is 0. The van der Waals surface area contributed by atoms with E-state index in [2.05, 4.69) is 26.0 Å². The highest BCUT2D eigenvalue weighted by Crippen LogP contribution is 2.15. The Morgan fingerprint density at radius 1 is 1.11 bits per heavy atom. The van der Waals surface area contributed by atoms with Gasteiger partial charge in [-0.25, -0.2) is 0 Å². The summed E-state index contributed by atoms with van der Waals surface area (Å²) in [7, 11) is 1.69. The van der Waals surface area contributed by atoms with Gasteiger partial charge in [-0.05, 0) is 30.0 Å². The molecule has 2 nitrogen and oxygen atoms in total. The first-order chi connectivity index (χ1) is 8.80. The molecule has 2 heteroatoms. The second-order valence-corrected chi connectivity index (χ2v) is 4.78. The third-order valence-electron chi connectivity index (χ3n) is 3.32. The number of methoxy groups -OCH3 is 1. The zero-order valence-electron chi connectivity index (χ0n) is 11.9. The van der Waals surface area contributed by atoms with Crippen LogP contribution in [0.3, 0.4) is 0 Å². The molecule has 0 spiro atoms. The van der Waals surface area contributed by atoms with Crippen molar-refractivity contribution < 1.29 is 9.47 Å². The topological polar surface area (TPSA) is 18.5 Å². The Balaban J connectivity index is 2.26. The molecule has 0 heterocycles. The molecule has 102 valence electrons. The number of hydrogen-bond acceptors (Lipinski definition) is 2. The highest BCUT2D eigenvalue weighted by atomic mass is 16.5. The van der Waals surface area contributed by atoms with Crippen molar-refractivity contribution in [3.05, 3.63) is 29.8 Å². The highest BCUT2D eigenvalue weighted by Gasteiger charge is 2.05.